The Morgan fingerprint density at radius 3 is 2.52 bits per heavy atom. The van der Waals surface area contributed by atoms with E-state index in [0.717, 1.165) is 6.07 Å². The number of hydrogen-bond acceptors (Lipinski definition) is 4. The maximum absolute atomic E-state index is 12.3. The summed E-state index contributed by atoms with van der Waals surface area (Å²) in [5, 5.41) is 4.66. The van der Waals surface area contributed by atoms with E-state index < -0.39 is 30.2 Å². The molecule has 0 spiro atoms. The molecule has 0 aliphatic carbocycles. The molecule has 0 saturated heterocycles. The fourth-order valence-electron chi connectivity index (χ4n) is 1.69. The highest BCUT2D eigenvalue weighted by Crippen LogP contribution is 2.29. The number of ether oxygens (including phenoxy) is 2. The van der Waals surface area contributed by atoms with Crippen molar-refractivity contribution in [3.63, 3.8) is 0 Å². The van der Waals surface area contributed by atoms with Crippen LogP contribution < -0.4 is 15.4 Å². The van der Waals surface area contributed by atoms with Crippen molar-refractivity contribution in [3.8, 4) is 5.75 Å². The molecule has 23 heavy (non-hydrogen) atoms. The molecule has 2 N–H and O–H groups in total. The van der Waals surface area contributed by atoms with Gasteiger partial charge in [-0.15, -0.1) is 13.2 Å². The number of alkyl halides is 3. The Kier molecular flexibility index (Phi) is 6.67. The molecule has 2 amide bonds. The number of carbonyl (C=O) groups is 2. The number of anilines is 1. The Balaban J connectivity index is 2.62. The second-order valence-corrected chi connectivity index (χ2v) is 4.55. The zero-order valence-corrected chi connectivity index (χ0v) is 12.6. The summed E-state index contributed by atoms with van der Waals surface area (Å²) < 4.78 is 45.4. The third kappa shape index (κ3) is 7.39. The normalized spacial score (nSPS) is 12.2. The van der Waals surface area contributed by atoms with E-state index >= 15 is 0 Å². The lowest BCUT2D eigenvalue weighted by Gasteiger charge is -2.16. The second-order valence-electron chi connectivity index (χ2n) is 4.55. The van der Waals surface area contributed by atoms with Crippen molar-refractivity contribution in [3.05, 3.63) is 24.3 Å². The Morgan fingerprint density at radius 2 is 1.91 bits per heavy atom. The molecule has 0 aliphatic heterocycles. The lowest BCUT2D eigenvalue weighted by atomic mass is 10.2. The molecule has 128 valence electrons. The van der Waals surface area contributed by atoms with Crippen LogP contribution in [-0.2, 0) is 9.53 Å². The number of hydrogen-bond donors (Lipinski definition) is 2. The summed E-state index contributed by atoms with van der Waals surface area (Å²) in [5.74, 6) is -1.02. The predicted molar refractivity (Wildman–Crippen MR) is 76.0 cm³/mol. The van der Waals surface area contributed by atoms with Gasteiger partial charge in [-0.05, 0) is 26.0 Å². The molecule has 1 unspecified atom stereocenters. The van der Waals surface area contributed by atoms with Gasteiger partial charge in [0.05, 0.1) is 18.7 Å². The molecule has 0 fully saturated rings. The first-order chi connectivity index (χ1) is 10.7. The van der Waals surface area contributed by atoms with E-state index in [9.17, 15) is 22.8 Å². The monoisotopic (exact) mass is 334 g/mol. The van der Waals surface area contributed by atoms with Crippen LogP contribution in [0.4, 0.5) is 23.7 Å². The highest BCUT2D eigenvalue weighted by molar-refractivity contribution is 5.91. The minimum Gasteiger partial charge on any atom is -0.466 e. The van der Waals surface area contributed by atoms with E-state index in [2.05, 4.69) is 15.4 Å². The fraction of sp³-hybridized carbons (Fsp3) is 0.429. The van der Waals surface area contributed by atoms with Crippen LogP contribution in [0.5, 0.6) is 5.75 Å². The zero-order valence-electron chi connectivity index (χ0n) is 12.6. The third-order valence-corrected chi connectivity index (χ3v) is 2.52. The maximum atomic E-state index is 12.3. The quantitative estimate of drug-likeness (QED) is 0.784. The molecule has 0 heterocycles. The summed E-state index contributed by atoms with van der Waals surface area (Å²) in [4.78, 5) is 23.0. The minimum atomic E-state index is -4.87. The van der Waals surface area contributed by atoms with Crippen molar-refractivity contribution in [1.82, 2.24) is 5.32 Å². The molecule has 1 aromatic carbocycles. The van der Waals surface area contributed by atoms with E-state index in [-0.39, 0.29) is 18.7 Å². The fourth-order valence-corrected chi connectivity index (χ4v) is 1.69. The molecule has 1 rings (SSSR count). The Bertz CT molecular complexity index is 549. The molecular formula is C14H17F3N2O4. The number of halogens is 3. The number of rotatable bonds is 6. The Hall–Kier alpha value is -2.45. The number of esters is 1. The standard InChI is InChI=1S/C14H17F3N2O4/c1-3-22-12(20)8-9(2)18-13(21)19-10-6-4-5-7-11(10)23-14(15,16)17/h4-7,9H,3,8H2,1-2H3,(H2,18,19,21). The topological polar surface area (TPSA) is 76.7 Å². The summed E-state index contributed by atoms with van der Waals surface area (Å²) >= 11 is 0. The SMILES string of the molecule is CCOC(=O)CC(C)NC(=O)Nc1ccccc1OC(F)(F)F. The van der Waals surface area contributed by atoms with Gasteiger partial charge in [0.2, 0.25) is 0 Å². The van der Waals surface area contributed by atoms with Crippen molar-refractivity contribution in [2.75, 3.05) is 11.9 Å². The summed E-state index contributed by atoms with van der Waals surface area (Å²) in [5.41, 5.74) is -0.148. The number of nitrogens with one attached hydrogen (secondary N) is 2. The molecule has 0 bridgehead atoms. The van der Waals surface area contributed by atoms with E-state index in [0.29, 0.717) is 0 Å². The Morgan fingerprint density at radius 1 is 1.26 bits per heavy atom. The molecule has 0 radical (unpaired) electrons. The van der Waals surface area contributed by atoms with E-state index in [1.54, 1.807) is 13.8 Å². The van der Waals surface area contributed by atoms with Gasteiger partial charge in [-0.25, -0.2) is 4.79 Å². The summed E-state index contributed by atoms with van der Waals surface area (Å²) in [6.45, 7) is 3.44. The lowest BCUT2D eigenvalue weighted by molar-refractivity contribution is -0.274. The predicted octanol–water partition coefficient (Wildman–Crippen LogP) is 3.05. The first kappa shape index (κ1) is 18.6. The first-order valence-corrected chi connectivity index (χ1v) is 6.79. The molecule has 9 heteroatoms. The minimum absolute atomic E-state index is 0.0536. The van der Waals surface area contributed by atoms with Crippen molar-refractivity contribution < 1.29 is 32.2 Å². The maximum Gasteiger partial charge on any atom is 0.573 e. The smallest absolute Gasteiger partial charge is 0.466 e. The first-order valence-electron chi connectivity index (χ1n) is 6.79. The molecule has 0 saturated carbocycles. The van der Waals surface area contributed by atoms with Crippen LogP contribution in [0.15, 0.2) is 24.3 Å². The van der Waals surface area contributed by atoms with Crippen LogP contribution in [0.1, 0.15) is 20.3 Å². The van der Waals surface area contributed by atoms with Crippen LogP contribution in [-0.4, -0.2) is 31.0 Å². The second kappa shape index (κ2) is 8.25. The van der Waals surface area contributed by atoms with Gasteiger partial charge in [-0.1, -0.05) is 12.1 Å². The van der Waals surface area contributed by atoms with Crippen molar-refractivity contribution in [2.24, 2.45) is 0 Å². The zero-order chi connectivity index (χ0) is 17.5. The van der Waals surface area contributed by atoms with Gasteiger partial charge in [0.15, 0.2) is 5.75 Å². The van der Waals surface area contributed by atoms with Crippen molar-refractivity contribution >= 4 is 17.7 Å². The highest BCUT2D eigenvalue weighted by Gasteiger charge is 2.32. The average molecular weight is 334 g/mol. The number of urea groups is 1. The van der Waals surface area contributed by atoms with Crippen LogP contribution >= 0.6 is 0 Å². The van der Waals surface area contributed by atoms with Crippen molar-refractivity contribution in [1.29, 1.82) is 0 Å². The van der Waals surface area contributed by atoms with E-state index in [1.165, 1.54) is 18.2 Å². The molecule has 1 atom stereocenters. The van der Waals surface area contributed by atoms with E-state index in [4.69, 9.17) is 4.74 Å². The molecule has 6 nitrogen and oxygen atoms in total. The van der Waals surface area contributed by atoms with Crippen LogP contribution in [0.2, 0.25) is 0 Å². The van der Waals surface area contributed by atoms with Crippen LogP contribution in [0.25, 0.3) is 0 Å². The van der Waals surface area contributed by atoms with E-state index in [1.807, 2.05) is 0 Å². The van der Waals surface area contributed by atoms with Crippen LogP contribution in [0, 0.1) is 0 Å². The molecule has 0 aromatic heterocycles. The summed E-state index contributed by atoms with van der Waals surface area (Å²) in [6, 6.07) is 3.81. The van der Waals surface area contributed by atoms with Gasteiger partial charge in [0, 0.05) is 6.04 Å². The number of carbonyl (C=O) groups excluding carboxylic acids is 2. The summed E-state index contributed by atoms with van der Waals surface area (Å²) in [6.07, 6.45) is -4.92. The van der Waals surface area contributed by atoms with Gasteiger partial charge in [-0.3, -0.25) is 4.79 Å². The van der Waals surface area contributed by atoms with Gasteiger partial charge in [0.1, 0.15) is 0 Å². The number of benzene rings is 1. The number of para-hydroxylation sites is 2. The lowest BCUT2D eigenvalue weighted by Crippen LogP contribution is -2.37. The van der Waals surface area contributed by atoms with Gasteiger partial charge < -0.3 is 20.1 Å². The summed E-state index contributed by atoms with van der Waals surface area (Å²) in [7, 11) is 0. The largest absolute Gasteiger partial charge is 0.573 e. The van der Waals surface area contributed by atoms with Crippen LogP contribution in [0.3, 0.4) is 0 Å². The average Bonchev–Trinajstić information content (AvgIpc) is 2.39. The third-order valence-electron chi connectivity index (χ3n) is 2.52. The van der Waals surface area contributed by atoms with Crippen molar-refractivity contribution in [2.45, 2.75) is 32.7 Å². The van der Waals surface area contributed by atoms with Gasteiger partial charge in [0.25, 0.3) is 0 Å². The van der Waals surface area contributed by atoms with Gasteiger partial charge >= 0.3 is 18.4 Å². The molecular weight excluding hydrogens is 317 g/mol. The Labute approximate surface area is 130 Å². The van der Waals surface area contributed by atoms with Gasteiger partial charge in [-0.2, -0.15) is 0 Å². The molecule has 1 aromatic rings. The highest BCUT2D eigenvalue weighted by atomic mass is 19.4. The number of amides is 2. The molecule has 0 aliphatic rings.